The largest absolute Gasteiger partial charge is 0.385 e. The van der Waals surface area contributed by atoms with Gasteiger partial charge in [-0.15, -0.1) is 0 Å². The van der Waals surface area contributed by atoms with Gasteiger partial charge in [0.25, 0.3) is 0 Å². The van der Waals surface area contributed by atoms with Crippen molar-refractivity contribution in [3.63, 3.8) is 0 Å². The molecule has 4 nitrogen and oxygen atoms in total. The van der Waals surface area contributed by atoms with E-state index in [9.17, 15) is 0 Å². The van der Waals surface area contributed by atoms with Crippen LogP contribution >= 0.6 is 0 Å². The minimum Gasteiger partial charge on any atom is -0.385 e. The number of rotatable bonds is 6. The molecule has 1 fully saturated rings. The monoisotopic (exact) mass is 265 g/mol. The Morgan fingerprint density at radius 1 is 1.42 bits per heavy atom. The normalized spacial score (nSPS) is 27.4. The van der Waals surface area contributed by atoms with Crippen LogP contribution in [0.25, 0.3) is 0 Å². The number of ether oxygens (including phenoxy) is 1. The second-order valence-electron chi connectivity index (χ2n) is 5.77. The second kappa shape index (κ2) is 6.94. The summed E-state index contributed by atoms with van der Waals surface area (Å²) < 4.78 is 7.41. The summed E-state index contributed by atoms with van der Waals surface area (Å²) in [5.74, 6) is 2.55. The molecule has 0 aromatic carbocycles. The van der Waals surface area contributed by atoms with Gasteiger partial charge in [-0.05, 0) is 24.7 Å². The highest BCUT2D eigenvalue weighted by atomic mass is 16.5. The van der Waals surface area contributed by atoms with E-state index in [1.807, 2.05) is 6.20 Å². The third-order valence-electron chi connectivity index (χ3n) is 4.50. The minimum atomic E-state index is 0.594. The second-order valence-corrected chi connectivity index (χ2v) is 5.77. The van der Waals surface area contributed by atoms with Gasteiger partial charge in [-0.2, -0.15) is 0 Å². The molecule has 0 aliphatic heterocycles. The summed E-state index contributed by atoms with van der Waals surface area (Å²) in [6.45, 7) is 6.47. The summed E-state index contributed by atoms with van der Waals surface area (Å²) in [6, 6.07) is 0.594. The predicted molar refractivity (Wildman–Crippen MR) is 78.4 cm³/mol. The molecule has 1 aliphatic carbocycles. The Bertz CT molecular complexity index is 377. The van der Waals surface area contributed by atoms with E-state index in [0.717, 1.165) is 37.4 Å². The zero-order valence-corrected chi connectivity index (χ0v) is 12.4. The van der Waals surface area contributed by atoms with E-state index in [0.29, 0.717) is 6.04 Å². The Labute approximate surface area is 116 Å². The molecular formula is C15H27N3O. The van der Waals surface area contributed by atoms with E-state index in [-0.39, 0.29) is 0 Å². The van der Waals surface area contributed by atoms with Crippen molar-refractivity contribution < 1.29 is 4.74 Å². The maximum Gasteiger partial charge on any atom is 0.203 e. The lowest BCUT2D eigenvalue weighted by atomic mass is 9.78. The smallest absolute Gasteiger partial charge is 0.203 e. The average Bonchev–Trinajstić information content (AvgIpc) is 2.86. The van der Waals surface area contributed by atoms with Crippen molar-refractivity contribution in [2.45, 2.75) is 45.6 Å². The van der Waals surface area contributed by atoms with Gasteiger partial charge in [-0.3, -0.25) is 0 Å². The Kier molecular flexibility index (Phi) is 5.25. The Morgan fingerprint density at radius 2 is 2.26 bits per heavy atom. The number of methoxy groups -OCH3 is 1. The lowest BCUT2D eigenvalue weighted by molar-refractivity contribution is 0.187. The van der Waals surface area contributed by atoms with Crippen LogP contribution in [0.1, 0.15) is 45.6 Å². The van der Waals surface area contributed by atoms with Crippen LogP contribution in [0, 0.1) is 11.8 Å². The van der Waals surface area contributed by atoms with Gasteiger partial charge in [-0.25, -0.2) is 4.98 Å². The first-order valence-corrected chi connectivity index (χ1v) is 7.49. The van der Waals surface area contributed by atoms with Crippen LogP contribution in [0.2, 0.25) is 0 Å². The molecule has 1 aromatic rings. The predicted octanol–water partition coefficient (Wildman–Crippen LogP) is 3.33. The van der Waals surface area contributed by atoms with Crippen LogP contribution in [-0.2, 0) is 4.74 Å². The van der Waals surface area contributed by atoms with Crippen molar-refractivity contribution in [3.05, 3.63) is 12.4 Å². The van der Waals surface area contributed by atoms with Gasteiger partial charge < -0.3 is 14.6 Å². The van der Waals surface area contributed by atoms with E-state index in [4.69, 9.17) is 4.74 Å². The Morgan fingerprint density at radius 3 is 3.05 bits per heavy atom. The highest BCUT2D eigenvalue weighted by Crippen LogP contribution is 2.38. The maximum atomic E-state index is 5.07. The third-order valence-corrected chi connectivity index (χ3v) is 4.50. The molecule has 0 radical (unpaired) electrons. The summed E-state index contributed by atoms with van der Waals surface area (Å²) in [7, 11) is 1.74. The lowest BCUT2D eigenvalue weighted by Gasteiger charge is -2.35. The zero-order chi connectivity index (χ0) is 13.7. The fourth-order valence-electron chi connectivity index (χ4n) is 3.08. The molecule has 3 atom stereocenters. The standard InChI is InChI=1S/C15H27N3O/c1-12-6-4-7-14(13(12)2)18-10-9-17-15(18)16-8-5-11-19-3/h9-10,12-14H,4-8,11H2,1-3H3,(H,16,17). The highest BCUT2D eigenvalue weighted by molar-refractivity contribution is 5.26. The van der Waals surface area contributed by atoms with E-state index in [1.165, 1.54) is 19.3 Å². The van der Waals surface area contributed by atoms with Crippen molar-refractivity contribution in [1.82, 2.24) is 9.55 Å². The fraction of sp³-hybridized carbons (Fsp3) is 0.800. The van der Waals surface area contributed by atoms with Crippen LogP contribution in [0.15, 0.2) is 12.4 Å². The van der Waals surface area contributed by atoms with Crippen LogP contribution in [0.5, 0.6) is 0 Å². The fourth-order valence-corrected chi connectivity index (χ4v) is 3.08. The zero-order valence-electron chi connectivity index (χ0n) is 12.4. The molecule has 0 amide bonds. The summed E-state index contributed by atoms with van der Waals surface area (Å²) in [5, 5.41) is 3.43. The average molecular weight is 265 g/mol. The number of hydrogen-bond acceptors (Lipinski definition) is 3. The maximum absolute atomic E-state index is 5.07. The lowest BCUT2D eigenvalue weighted by Crippen LogP contribution is -2.27. The number of hydrogen-bond donors (Lipinski definition) is 1. The number of nitrogens with zero attached hydrogens (tertiary/aromatic N) is 2. The summed E-state index contributed by atoms with van der Waals surface area (Å²) in [6.07, 6.45) is 9.01. The van der Waals surface area contributed by atoms with Gasteiger partial charge >= 0.3 is 0 Å². The first kappa shape index (κ1) is 14.4. The van der Waals surface area contributed by atoms with Gasteiger partial charge in [0.15, 0.2) is 0 Å². The number of aromatic nitrogens is 2. The van der Waals surface area contributed by atoms with Crippen molar-refractivity contribution in [1.29, 1.82) is 0 Å². The molecule has 0 spiro atoms. The molecule has 0 bridgehead atoms. The van der Waals surface area contributed by atoms with Crippen LogP contribution in [0.3, 0.4) is 0 Å². The Hall–Kier alpha value is -1.03. The number of nitrogens with one attached hydrogen (secondary N) is 1. The topological polar surface area (TPSA) is 39.1 Å². The summed E-state index contributed by atoms with van der Waals surface area (Å²) >= 11 is 0. The molecule has 1 saturated carbocycles. The molecule has 1 aromatic heterocycles. The molecule has 19 heavy (non-hydrogen) atoms. The van der Waals surface area contributed by atoms with E-state index in [2.05, 4.69) is 34.9 Å². The highest BCUT2D eigenvalue weighted by Gasteiger charge is 2.29. The van der Waals surface area contributed by atoms with Crippen LogP contribution < -0.4 is 5.32 Å². The molecule has 1 aliphatic rings. The SMILES string of the molecule is COCCCNc1nccn1C1CCCC(C)C1C. The molecule has 0 saturated heterocycles. The molecule has 4 heteroatoms. The minimum absolute atomic E-state index is 0.594. The van der Waals surface area contributed by atoms with Gasteiger partial charge in [0.05, 0.1) is 0 Å². The van der Waals surface area contributed by atoms with E-state index >= 15 is 0 Å². The van der Waals surface area contributed by atoms with Crippen molar-refractivity contribution in [2.24, 2.45) is 11.8 Å². The number of anilines is 1. The van der Waals surface area contributed by atoms with Gasteiger partial charge in [-0.1, -0.05) is 26.7 Å². The van der Waals surface area contributed by atoms with Crippen molar-refractivity contribution >= 4 is 5.95 Å². The third kappa shape index (κ3) is 3.50. The van der Waals surface area contributed by atoms with Gasteiger partial charge in [0, 0.05) is 38.7 Å². The van der Waals surface area contributed by atoms with Gasteiger partial charge in [0.1, 0.15) is 0 Å². The molecule has 2 rings (SSSR count). The quantitative estimate of drug-likeness (QED) is 0.802. The Balaban J connectivity index is 1.98. The molecule has 1 heterocycles. The summed E-state index contributed by atoms with van der Waals surface area (Å²) in [5.41, 5.74) is 0. The summed E-state index contributed by atoms with van der Waals surface area (Å²) in [4.78, 5) is 4.46. The molecule has 108 valence electrons. The molecule has 3 unspecified atom stereocenters. The first-order chi connectivity index (χ1) is 9.24. The first-order valence-electron chi connectivity index (χ1n) is 7.49. The number of imidazole rings is 1. The van der Waals surface area contributed by atoms with Crippen molar-refractivity contribution in [3.8, 4) is 0 Å². The van der Waals surface area contributed by atoms with Crippen molar-refractivity contribution in [2.75, 3.05) is 25.6 Å². The molecule has 1 N–H and O–H groups in total. The van der Waals surface area contributed by atoms with Gasteiger partial charge in [0.2, 0.25) is 5.95 Å². The molecular weight excluding hydrogens is 238 g/mol. The van der Waals surface area contributed by atoms with Crippen LogP contribution in [0.4, 0.5) is 5.95 Å². The van der Waals surface area contributed by atoms with E-state index in [1.54, 1.807) is 7.11 Å². The van der Waals surface area contributed by atoms with E-state index < -0.39 is 0 Å². The van der Waals surface area contributed by atoms with Crippen LogP contribution in [-0.4, -0.2) is 29.8 Å².